The Balaban J connectivity index is 2.30. The number of aryl methyl sites for hydroxylation is 1. The zero-order valence-corrected chi connectivity index (χ0v) is 11.4. The van der Waals surface area contributed by atoms with Crippen LogP contribution in [0.5, 0.6) is 5.75 Å². The van der Waals surface area contributed by atoms with Crippen molar-refractivity contribution in [2.24, 2.45) is 5.10 Å². The number of H-pyrrole nitrogens is 1. The van der Waals surface area contributed by atoms with Gasteiger partial charge in [0.05, 0.1) is 13.3 Å². The zero-order chi connectivity index (χ0) is 13.8. The summed E-state index contributed by atoms with van der Waals surface area (Å²) in [6, 6.07) is 4.60. The molecule has 19 heavy (non-hydrogen) atoms. The number of ether oxygens (including phenoxy) is 1. The number of benzene rings is 1. The molecule has 0 radical (unpaired) electrons. The molecular weight excluding hydrogens is 267 g/mol. The normalized spacial score (nSPS) is 11.1. The largest absolute Gasteiger partial charge is 0.494 e. The summed E-state index contributed by atoms with van der Waals surface area (Å²) in [6.07, 6.45) is 2.22. The van der Waals surface area contributed by atoms with E-state index in [0.717, 1.165) is 5.82 Å². The van der Waals surface area contributed by atoms with Crippen molar-refractivity contribution < 1.29 is 9.13 Å². The summed E-state index contributed by atoms with van der Waals surface area (Å²) in [5.74, 6) is 0.486. The molecule has 1 heterocycles. The highest BCUT2D eigenvalue weighted by atomic mass is 32.1. The number of hydrogen-bond acceptors (Lipinski definition) is 4. The summed E-state index contributed by atoms with van der Waals surface area (Å²) < 4.78 is 20.3. The fourth-order valence-electron chi connectivity index (χ4n) is 1.56. The molecule has 1 aromatic carbocycles. The molecule has 7 heteroatoms. The maximum absolute atomic E-state index is 13.5. The molecular formula is C12H13FN4OS. The van der Waals surface area contributed by atoms with E-state index in [1.54, 1.807) is 12.1 Å². The first-order valence-corrected chi connectivity index (χ1v) is 6.10. The minimum atomic E-state index is -0.432. The SMILES string of the molecule is CCc1n[nH]c(=S)n1/N=C\c1ccc(OC)c(F)c1. The molecule has 1 N–H and O–H groups in total. The van der Waals surface area contributed by atoms with Crippen LogP contribution >= 0.6 is 12.2 Å². The third kappa shape index (κ3) is 2.87. The standard InChI is InChI=1S/C12H13FN4OS/c1-3-11-15-16-12(19)17(11)14-7-8-4-5-10(18-2)9(13)6-8/h4-7H,3H2,1-2H3,(H,16,19)/b14-7-. The van der Waals surface area contributed by atoms with Gasteiger partial charge in [0, 0.05) is 6.42 Å². The highest BCUT2D eigenvalue weighted by molar-refractivity contribution is 7.71. The van der Waals surface area contributed by atoms with Crippen LogP contribution in [0.1, 0.15) is 18.3 Å². The van der Waals surface area contributed by atoms with Gasteiger partial charge in [-0.2, -0.15) is 14.9 Å². The van der Waals surface area contributed by atoms with Gasteiger partial charge in [-0.05, 0) is 36.0 Å². The smallest absolute Gasteiger partial charge is 0.216 e. The van der Waals surface area contributed by atoms with Crippen LogP contribution in [0.15, 0.2) is 23.3 Å². The van der Waals surface area contributed by atoms with Gasteiger partial charge >= 0.3 is 0 Å². The van der Waals surface area contributed by atoms with Gasteiger partial charge in [-0.25, -0.2) is 4.39 Å². The van der Waals surface area contributed by atoms with E-state index < -0.39 is 5.82 Å². The zero-order valence-electron chi connectivity index (χ0n) is 10.6. The Morgan fingerprint density at radius 3 is 3.00 bits per heavy atom. The van der Waals surface area contributed by atoms with Crippen molar-refractivity contribution in [3.8, 4) is 5.75 Å². The fraction of sp³-hybridized carbons (Fsp3) is 0.250. The molecule has 0 saturated heterocycles. The Kier molecular flexibility index (Phi) is 4.06. The molecule has 0 bridgehead atoms. The van der Waals surface area contributed by atoms with Crippen LogP contribution in [0.2, 0.25) is 0 Å². The molecule has 100 valence electrons. The predicted octanol–water partition coefficient (Wildman–Crippen LogP) is 2.53. The van der Waals surface area contributed by atoms with Crippen LogP contribution in [-0.2, 0) is 6.42 Å². The third-order valence-electron chi connectivity index (χ3n) is 2.53. The van der Waals surface area contributed by atoms with E-state index in [-0.39, 0.29) is 5.75 Å². The van der Waals surface area contributed by atoms with Crippen LogP contribution in [0.4, 0.5) is 4.39 Å². The summed E-state index contributed by atoms with van der Waals surface area (Å²) >= 11 is 5.06. The lowest BCUT2D eigenvalue weighted by molar-refractivity contribution is 0.386. The van der Waals surface area contributed by atoms with E-state index in [1.165, 1.54) is 24.1 Å². The van der Waals surface area contributed by atoms with Crippen LogP contribution in [0, 0.1) is 10.6 Å². The Morgan fingerprint density at radius 2 is 2.37 bits per heavy atom. The predicted molar refractivity (Wildman–Crippen MR) is 72.7 cm³/mol. The second-order valence-electron chi connectivity index (χ2n) is 3.75. The average molecular weight is 280 g/mol. The number of nitrogens with zero attached hydrogens (tertiary/aromatic N) is 3. The first kappa shape index (κ1) is 13.4. The first-order valence-electron chi connectivity index (χ1n) is 5.70. The molecule has 2 rings (SSSR count). The molecule has 0 aliphatic carbocycles. The monoisotopic (exact) mass is 280 g/mol. The van der Waals surface area contributed by atoms with E-state index in [0.29, 0.717) is 16.8 Å². The van der Waals surface area contributed by atoms with Gasteiger partial charge in [-0.3, -0.25) is 5.10 Å². The number of nitrogens with one attached hydrogen (secondary N) is 1. The molecule has 0 fully saturated rings. The van der Waals surface area contributed by atoms with Gasteiger partial charge in [-0.15, -0.1) is 0 Å². The lowest BCUT2D eigenvalue weighted by Crippen LogP contribution is -1.97. The molecule has 0 saturated carbocycles. The maximum Gasteiger partial charge on any atom is 0.216 e. The molecule has 0 atom stereocenters. The van der Waals surface area contributed by atoms with Crippen molar-refractivity contribution in [1.82, 2.24) is 14.9 Å². The van der Waals surface area contributed by atoms with E-state index >= 15 is 0 Å². The van der Waals surface area contributed by atoms with Crippen LogP contribution < -0.4 is 4.74 Å². The van der Waals surface area contributed by atoms with E-state index in [1.807, 2.05) is 6.92 Å². The van der Waals surface area contributed by atoms with Crippen molar-refractivity contribution >= 4 is 18.4 Å². The molecule has 1 aromatic heterocycles. The van der Waals surface area contributed by atoms with Crippen molar-refractivity contribution in [3.05, 3.63) is 40.2 Å². The van der Waals surface area contributed by atoms with Crippen molar-refractivity contribution in [3.63, 3.8) is 0 Å². The van der Waals surface area contributed by atoms with Gasteiger partial charge in [0.25, 0.3) is 0 Å². The second-order valence-corrected chi connectivity index (χ2v) is 4.14. The molecule has 2 aromatic rings. The third-order valence-corrected chi connectivity index (χ3v) is 2.80. The lowest BCUT2D eigenvalue weighted by Gasteiger charge is -2.02. The lowest BCUT2D eigenvalue weighted by atomic mass is 10.2. The van der Waals surface area contributed by atoms with Crippen LogP contribution in [-0.4, -0.2) is 28.2 Å². The minimum absolute atomic E-state index is 0.200. The Morgan fingerprint density at radius 1 is 1.58 bits per heavy atom. The van der Waals surface area contributed by atoms with Crippen molar-refractivity contribution in [2.45, 2.75) is 13.3 Å². The number of hydrogen-bond donors (Lipinski definition) is 1. The summed E-state index contributed by atoms with van der Waals surface area (Å²) in [4.78, 5) is 0. The van der Waals surface area contributed by atoms with E-state index in [2.05, 4.69) is 15.3 Å². The van der Waals surface area contributed by atoms with Gasteiger partial charge in [0.15, 0.2) is 17.4 Å². The highest BCUT2D eigenvalue weighted by Gasteiger charge is 2.03. The topological polar surface area (TPSA) is 55.2 Å². The quantitative estimate of drug-likeness (QED) is 0.691. The minimum Gasteiger partial charge on any atom is -0.494 e. The van der Waals surface area contributed by atoms with Gasteiger partial charge in [0.2, 0.25) is 4.77 Å². The molecule has 0 amide bonds. The summed E-state index contributed by atoms with van der Waals surface area (Å²) in [6.45, 7) is 1.95. The Hall–Kier alpha value is -2.02. The van der Waals surface area contributed by atoms with Crippen LogP contribution in [0.25, 0.3) is 0 Å². The molecule has 0 aliphatic rings. The number of halogens is 1. The van der Waals surface area contributed by atoms with Crippen molar-refractivity contribution in [2.75, 3.05) is 7.11 Å². The van der Waals surface area contributed by atoms with Crippen LogP contribution in [0.3, 0.4) is 0 Å². The van der Waals surface area contributed by atoms with E-state index in [4.69, 9.17) is 17.0 Å². The second kappa shape index (κ2) is 5.75. The van der Waals surface area contributed by atoms with E-state index in [9.17, 15) is 4.39 Å². The van der Waals surface area contributed by atoms with Crippen molar-refractivity contribution in [1.29, 1.82) is 0 Å². The summed E-state index contributed by atoms with van der Waals surface area (Å²) in [5, 5.41) is 10.9. The maximum atomic E-state index is 13.5. The molecule has 0 aliphatic heterocycles. The summed E-state index contributed by atoms with van der Waals surface area (Å²) in [5.41, 5.74) is 0.614. The summed E-state index contributed by atoms with van der Waals surface area (Å²) in [7, 11) is 1.42. The molecule has 0 unspecified atom stereocenters. The number of aromatic amines is 1. The average Bonchev–Trinajstić information content (AvgIpc) is 2.77. The van der Waals surface area contributed by atoms with Gasteiger partial charge in [-0.1, -0.05) is 6.92 Å². The highest BCUT2D eigenvalue weighted by Crippen LogP contribution is 2.16. The fourth-order valence-corrected chi connectivity index (χ4v) is 1.76. The molecule has 0 spiro atoms. The number of rotatable bonds is 4. The first-order chi connectivity index (χ1) is 9.15. The Labute approximate surface area is 114 Å². The number of aromatic nitrogens is 3. The van der Waals surface area contributed by atoms with Gasteiger partial charge < -0.3 is 4.74 Å². The number of methoxy groups -OCH3 is 1. The Bertz CT molecular complexity index is 662. The van der Waals surface area contributed by atoms with Gasteiger partial charge in [0.1, 0.15) is 0 Å². The molecule has 5 nitrogen and oxygen atoms in total.